The van der Waals surface area contributed by atoms with Crippen LogP contribution in [0.4, 0.5) is 4.79 Å². The first-order valence-corrected chi connectivity index (χ1v) is 9.18. The summed E-state index contributed by atoms with van der Waals surface area (Å²) in [6.45, 7) is 4.19. The van der Waals surface area contributed by atoms with Crippen molar-refractivity contribution >= 4 is 6.03 Å². The van der Waals surface area contributed by atoms with Crippen molar-refractivity contribution in [1.82, 2.24) is 15.1 Å². The largest absolute Gasteiger partial charge is 0.496 e. The van der Waals surface area contributed by atoms with Crippen molar-refractivity contribution in [3.05, 3.63) is 29.8 Å². The van der Waals surface area contributed by atoms with E-state index in [1.807, 2.05) is 23.1 Å². The number of methoxy groups -OCH3 is 1. The number of likely N-dealkylation sites (tertiary alicyclic amines) is 2. The van der Waals surface area contributed by atoms with Crippen LogP contribution in [0, 0.1) is 0 Å². The fourth-order valence-electron chi connectivity index (χ4n) is 4.25. The van der Waals surface area contributed by atoms with Crippen molar-refractivity contribution in [2.45, 2.75) is 43.7 Å². The number of hydrogen-bond acceptors (Lipinski definition) is 3. The van der Waals surface area contributed by atoms with Crippen LogP contribution in [0.2, 0.25) is 0 Å². The Labute approximate surface area is 144 Å². The number of nitrogens with zero attached hydrogens (tertiary/aromatic N) is 2. The van der Waals surface area contributed by atoms with Crippen LogP contribution in [0.3, 0.4) is 0 Å². The molecule has 1 aromatic rings. The summed E-state index contributed by atoms with van der Waals surface area (Å²) in [4.78, 5) is 17.1. The zero-order valence-electron chi connectivity index (χ0n) is 14.4. The Morgan fingerprint density at radius 2 is 2.00 bits per heavy atom. The maximum atomic E-state index is 12.6. The molecule has 1 aliphatic carbocycles. The van der Waals surface area contributed by atoms with Crippen LogP contribution in [-0.2, 0) is 0 Å². The van der Waals surface area contributed by atoms with Gasteiger partial charge in [-0.1, -0.05) is 18.2 Å². The van der Waals surface area contributed by atoms with Gasteiger partial charge >= 0.3 is 6.03 Å². The van der Waals surface area contributed by atoms with Crippen LogP contribution in [-0.4, -0.2) is 61.2 Å². The molecule has 5 heteroatoms. The summed E-state index contributed by atoms with van der Waals surface area (Å²) in [6, 6.07) is 9.06. The second-order valence-electron chi connectivity index (χ2n) is 7.27. The summed E-state index contributed by atoms with van der Waals surface area (Å²) in [5, 5.41) is 3.22. The average molecular weight is 329 g/mol. The third-order valence-electron chi connectivity index (χ3n) is 5.75. The number of ether oxygens (including phenoxy) is 1. The second kappa shape index (κ2) is 6.63. The van der Waals surface area contributed by atoms with E-state index in [0.717, 1.165) is 31.7 Å². The van der Waals surface area contributed by atoms with E-state index < -0.39 is 0 Å². The van der Waals surface area contributed by atoms with Crippen LogP contribution >= 0.6 is 0 Å². The molecule has 0 unspecified atom stereocenters. The van der Waals surface area contributed by atoms with Crippen molar-refractivity contribution in [3.63, 3.8) is 0 Å². The number of urea groups is 1. The molecule has 2 aliphatic heterocycles. The van der Waals surface area contributed by atoms with Crippen LogP contribution in [0.25, 0.3) is 0 Å². The Hall–Kier alpha value is -1.75. The molecule has 24 heavy (non-hydrogen) atoms. The fraction of sp³-hybridized carbons (Fsp3) is 0.632. The van der Waals surface area contributed by atoms with Gasteiger partial charge in [-0.05, 0) is 50.4 Å². The highest BCUT2D eigenvalue weighted by atomic mass is 16.5. The molecule has 3 aliphatic rings. The smallest absolute Gasteiger partial charge is 0.317 e. The number of hydrogen-bond donors (Lipinski definition) is 1. The summed E-state index contributed by atoms with van der Waals surface area (Å²) in [6.07, 6.45) is 4.75. The lowest BCUT2D eigenvalue weighted by molar-refractivity contribution is 0.198. The Morgan fingerprint density at radius 3 is 2.79 bits per heavy atom. The van der Waals surface area contributed by atoms with Crippen LogP contribution in [0.1, 0.15) is 37.2 Å². The fourth-order valence-corrected chi connectivity index (χ4v) is 4.25. The van der Waals surface area contributed by atoms with Gasteiger partial charge in [0.2, 0.25) is 0 Å². The lowest BCUT2D eigenvalue weighted by atomic mass is 10.1. The summed E-state index contributed by atoms with van der Waals surface area (Å²) < 4.78 is 5.44. The highest BCUT2D eigenvalue weighted by Crippen LogP contribution is 2.44. The number of benzene rings is 1. The molecule has 3 fully saturated rings. The summed E-state index contributed by atoms with van der Waals surface area (Å²) in [7, 11) is 1.71. The van der Waals surface area contributed by atoms with E-state index in [-0.39, 0.29) is 12.1 Å². The van der Waals surface area contributed by atoms with Gasteiger partial charge in [0.1, 0.15) is 5.75 Å². The van der Waals surface area contributed by atoms with Crippen LogP contribution in [0.15, 0.2) is 24.3 Å². The molecule has 5 nitrogen and oxygen atoms in total. The number of carbonyl (C=O) groups is 1. The lowest BCUT2D eigenvalue weighted by Crippen LogP contribution is -2.42. The minimum absolute atomic E-state index is 0.110. The third-order valence-corrected chi connectivity index (χ3v) is 5.75. The van der Waals surface area contributed by atoms with E-state index >= 15 is 0 Å². The summed E-state index contributed by atoms with van der Waals surface area (Å²) >= 11 is 0. The van der Waals surface area contributed by atoms with E-state index in [1.165, 1.54) is 31.5 Å². The molecule has 1 saturated carbocycles. The Kier molecular flexibility index (Phi) is 4.35. The van der Waals surface area contributed by atoms with Crippen molar-refractivity contribution in [2.75, 3.05) is 33.3 Å². The zero-order valence-corrected chi connectivity index (χ0v) is 14.4. The second-order valence-corrected chi connectivity index (χ2v) is 7.27. The highest BCUT2D eigenvalue weighted by Gasteiger charge is 2.42. The summed E-state index contributed by atoms with van der Waals surface area (Å²) in [5.41, 5.74) is 1.21. The quantitative estimate of drug-likeness (QED) is 0.923. The molecule has 0 spiro atoms. The van der Waals surface area contributed by atoms with E-state index in [2.05, 4.69) is 16.3 Å². The first-order chi connectivity index (χ1) is 11.8. The van der Waals surface area contributed by atoms with Gasteiger partial charge in [0.15, 0.2) is 0 Å². The number of nitrogens with one attached hydrogen (secondary N) is 1. The molecule has 0 radical (unpaired) electrons. The maximum absolute atomic E-state index is 12.6. The lowest BCUT2D eigenvalue weighted by Gasteiger charge is -2.23. The first kappa shape index (κ1) is 15.8. The first-order valence-electron chi connectivity index (χ1n) is 9.18. The van der Waals surface area contributed by atoms with E-state index in [0.29, 0.717) is 12.0 Å². The number of amides is 2. The molecule has 1 N–H and O–H groups in total. The van der Waals surface area contributed by atoms with Gasteiger partial charge in [-0.25, -0.2) is 4.79 Å². The number of rotatable bonds is 4. The zero-order chi connectivity index (χ0) is 16.5. The van der Waals surface area contributed by atoms with Crippen molar-refractivity contribution < 1.29 is 9.53 Å². The summed E-state index contributed by atoms with van der Waals surface area (Å²) in [5.74, 6) is 1.32. The number of carbonyl (C=O) groups excluding carboxylic acids is 1. The molecular formula is C19H27N3O2. The molecule has 0 bridgehead atoms. The topological polar surface area (TPSA) is 44.8 Å². The molecular weight excluding hydrogens is 302 g/mol. The maximum Gasteiger partial charge on any atom is 0.317 e. The molecule has 0 aromatic heterocycles. The minimum Gasteiger partial charge on any atom is -0.496 e. The van der Waals surface area contributed by atoms with Gasteiger partial charge in [-0.3, -0.25) is 4.90 Å². The van der Waals surface area contributed by atoms with Gasteiger partial charge in [0.05, 0.1) is 7.11 Å². The molecule has 4 rings (SSSR count). The van der Waals surface area contributed by atoms with Gasteiger partial charge in [0, 0.05) is 31.1 Å². The Bertz CT molecular complexity index is 600. The minimum atomic E-state index is 0.110. The number of para-hydroxylation sites is 1. The normalized spacial score (nSPS) is 29.7. The Morgan fingerprint density at radius 1 is 1.21 bits per heavy atom. The molecule has 130 valence electrons. The van der Waals surface area contributed by atoms with Crippen molar-refractivity contribution in [2.24, 2.45) is 0 Å². The molecule has 2 heterocycles. The Balaban J connectivity index is 1.30. The van der Waals surface area contributed by atoms with Crippen LogP contribution in [0.5, 0.6) is 5.75 Å². The predicted octanol–water partition coefficient (Wildman–Crippen LogP) is 2.43. The molecule has 3 atom stereocenters. The van der Waals surface area contributed by atoms with E-state index in [1.54, 1.807) is 7.11 Å². The van der Waals surface area contributed by atoms with Gasteiger partial charge in [-0.15, -0.1) is 0 Å². The van der Waals surface area contributed by atoms with E-state index in [4.69, 9.17) is 4.74 Å². The molecule has 2 saturated heterocycles. The standard InChI is InChI=1S/C19H27N3O2/c1-24-18-7-3-2-6-15(18)16-12-17(16)20-19(23)22-11-8-14(13-22)21-9-4-5-10-21/h2-3,6-7,14,16-17H,4-5,8-13H2,1H3,(H,20,23)/t14-,16-,17-/m0/s1. The average Bonchev–Trinajstić information content (AvgIpc) is 3.03. The van der Waals surface area contributed by atoms with E-state index in [9.17, 15) is 4.79 Å². The predicted molar refractivity (Wildman–Crippen MR) is 93.5 cm³/mol. The molecule has 1 aromatic carbocycles. The van der Waals surface area contributed by atoms with Gasteiger partial charge in [0.25, 0.3) is 0 Å². The molecule has 2 amide bonds. The van der Waals surface area contributed by atoms with Crippen molar-refractivity contribution in [3.8, 4) is 5.75 Å². The highest BCUT2D eigenvalue weighted by molar-refractivity contribution is 5.75. The van der Waals surface area contributed by atoms with Gasteiger partial charge < -0.3 is 15.0 Å². The monoisotopic (exact) mass is 329 g/mol. The third kappa shape index (κ3) is 3.09. The van der Waals surface area contributed by atoms with Gasteiger partial charge in [-0.2, -0.15) is 0 Å². The van der Waals surface area contributed by atoms with Crippen molar-refractivity contribution in [1.29, 1.82) is 0 Å². The SMILES string of the molecule is COc1ccccc1[C@@H]1C[C@@H]1NC(=O)N1CC[C@H](N2CCCC2)C1. The van der Waals surface area contributed by atoms with Crippen LogP contribution < -0.4 is 10.1 Å².